The van der Waals surface area contributed by atoms with Crippen LogP contribution in [0.2, 0.25) is 0 Å². The summed E-state index contributed by atoms with van der Waals surface area (Å²) >= 11 is 0. The molecule has 116 valence electrons. The second kappa shape index (κ2) is 6.99. The summed E-state index contributed by atoms with van der Waals surface area (Å²) in [5.74, 6) is 1.67. The molecule has 1 heterocycles. The highest BCUT2D eigenvalue weighted by Gasteiger charge is 2.21. The maximum absolute atomic E-state index is 9.56. The normalized spacial score (nSPS) is 10.3. The van der Waals surface area contributed by atoms with E-state index in [0.29, 0.717) is 5.56 Å². The molecule has 0 bridgehead atoms. The highest BCUT2D eigenvalue weighted by molar-refractivity contribution is 5.61. The van der Waals surface area contributed by atoms with Gasteiger partial charge in [-0.15, -0.1) is 0 Å². The van der Waals surface area contributed by atoms with E-state index in [2.05, 4.69) is 29.9 Å². The van der Waals surface area contributed by atoms with Crippen LogP contribution in [0.3, 0.4) is 0 Å². The Morgan fingerprint density at radius 3 is 2.27 bits per heavy atom. The van der Waals surface area contributed by atoms with E-state index >= 15 is 0 Å². The first-order valence-corrected chi connectivity index (χ1v) is 7.61. The number of hydrogen-bond donors (Lipinski definition) is 0. The number of benzene rings is 1. The van der Waals surface area contributed by atoms with Crippen LogP contribution in [0.15, 0.2) is 24.3 Å². The van der Waals surface area contributed by atoms with Gasteiger partial charge in [-0.2, -0.15) is 10.4 Å². The number of anilines is 1. The zero-order valence-electron chi connectivity index (χ0n) is 13.6. The van der Waals surface area contributed by atoms with Gasteiger partial charge in [-0.25, -0.2) is 4.68 Å². The van der Waals surface area contributed by atoms with Crippen LogP contribution in [-0.2, 0) is 6.42 Å². The number of nitrogens with zero attached hydrogens (tertiary/aromatic N) is 4. The van der Waals surface area contributed by atoms with E-state index in [4.69, 9.17) is 4.74 Å². The average molecular weight is 298 g/mol. The van der Waals surface area contributed by atoms with Crippen LogP contribution in [0.4, 0.5) is 5.82 Å². The van der Waals surface area contributed by atoms with E-state index < -0.39 is 0 Å². The van der Waals surface area contributed by atoms with E-state index in [0.717, 1.165) is 42.5 Å². The fourth-order valence-electron chi connectivity index (χ4n) is 2.53. The van der Waals surface area contributed by atoms with Crippen molar-refractivity contribution < 1.29 is 4.74 Å². The van der Waals surface area contributed by atoms with Crippen LogP contribution >= 0.6 is 0 Å². The maximum Gasteiger partial charge on any atom is 0.150 e. The largest absolute Gasteiger partial charge is 0.497 e. The second-order valence-corrected chi connectivity index (χ2v) is 4.89. The highest BCUT2D eigenvalue weighted by Crippen LogP contribution is 2.28. The van der Waals surface area contributed by atoms with Gasteiger partial charge in [-0.1, -0.05) is 6.92 Å². The molecule has 0 aliphatic rings. The van der Waals surface area contributed by atoms with Gasteiger partial charge in [0.1, 0.15) is 17.4 Å². The van der Waals surface area contributed by atoms with Gasteiger partial charge in [0.2, 0.25) is 0 Å². The Morgan fingerprint density at radius 1 is 1.18 bits per heavy atom. The van der Waals surface area contributed by atoms with Crippen molar-refractivity contribution in [1.82, 2.24) is 9.78 Å². The quantitative estimate of drug-likeness (QED) is 0.822. The molecule has 0 unspecified atom stereocenters. The summed E-state index contributed by atoms with van der Waals surface area (Å²) < 4.78 is 7.07. The molecule has 0 saturated heterocycles. The molecule has 0 saturated carbocycles. The van der Waals surface area contributed by atoms with E-state index in [-0.39, 0.29) is 0 Å². The van der Waals surface area contributed by atoms with E-state index in [1.54, 1.807) is 7.11 Å². The summed E-state index contributed by atoms with van der Waals surface area (Å²) in [7, 11) is 1.65. The summed E-state index contributed by atoms with van der Waals surface area (Å²) in [6, 6.07) is 10.0. The Balaban J connectivity index is 2.63. The first-order chi connectivity index (χ1) is 10.7. The highest BCUT2D eigenvalue weighted by atomic mass is 16.5. The number of nitriles is 1. The minimum Gasteiger partial charge on any atom is -0.497 e. The lowest BCUT2D eigenvalue weighted by Gasteiger charge is -2.22. The first kappa shape index (κ1) is 15.9. The minimum absolute atomic E-state index is 0.669. The van der Waals surface area contributed by atoms with Crippen LogP contribution in [0.5, 0.6) is 5.75 Å². The van der Waals surface area contributed by atoms with Crippen LogP contribution < -0.4 is 9.64 Å². The fourth-order valence-corrected chi connectivity index (χ4v) is 2.53. The molecule has 0 radical (unpaired) electrons. The molecule has 0 spiro atoms. The summed E-state index contributed by atoms with van der Waals surface area (Å²) in [6.07, 6.45) is 0.736. The van der Waals surface area contributed by atoms with Crippen LogP contribution in [0.1, 0.15) is 32.0 Å². The molecule has 0 aliphatic carbocycles. The second-order valence-electron chi connectivity index (χ2n) is 4.89. The molecule has 0 aliphatic heterocycles. The zero-order valence-corrected chi connectivity index (χ0v) is 13.6. The Bertz CT molecular complexity index is 663. The smallest absolute Gasteiger partial charge is 0.150 e. The van der Waals surface area contributed by atoms with Crippen molar-refractivity contribution >= 4 is 5.82 Å². The van der Waals surface area contributed by atoms with Crippen LogP contribution in [-0.4, -0.2) is 30.0 Å². The molecule has 0 amide bonds. The molecular formula is C17H22N4O. The third-order valence-corrected chi connectivity index (χ3v) is 3.76. The SMILES string of the molecule is CCc1nn(-c2ccc(OC)cc2)c(N(CC)CC)c1C#N. The van der Waals surface area contributed by atoms with Crippen LogP contribution in [0.25, 0.3) is 5.69 Å². The zero-order chi connectivity index (χ0) is 16.1. The molecular weight excluding hydrogens is 276 g/mol. The fraction of sp³-hybridized carbons (Fsp3) is 0.412. The van der Waals surface area contributed by atoms with Gasteiger partial charge in [0, 0.05) is 13.1 Å². The van der Waals surface area contributed by atoms with Gasteiger partial charge in [0.25, 0.3) is 0 Å². The maximum atomic E-state index is 9.56. The predicted octanol–water partition coefficient (Wildman–Crippen LogP) is 3.16. The molecule has 0 atom stereocenters. The lowest BCUT2D eigenvalue weighted by Crippen LogP contribution is -2.25. The predicted molar refractivity (Wildman–Crippen MR) is 87.8 cm³/mol. The van der Waals surface area contributed by atoms with Crippen molar-refractivity contribution in [2.24, 2.45) is 0 Å². The number of aromatic nitrogens is 2. The van der Waals surface area contributed by atoms with Gasteiger partial charge in [-0.3, -0.25) is 0 Å². The number of ether oxygens (including phenoxy) is 1. The molecule has 1 aromatic carbocycles. The number of hydrogen-bond acceptors (Lipinski definition) is 4. The standard InChI is InChI=1S/C17H22N4O/c1-5-16-15(12-18)17(20(6-2)7-3)21(19-16)13-8-10-14(22-4)11-9-13/h8-11H,5-7H2,1-4H3. The Morgan fingerprint density at radius 2 is 1.82 bits per heavy atom. The van der Waals surface area contributed by atoms with Crippen molar-refractivity contribution in [1.29, 1.82) is 5.26 Å². The van der Waals surface area contributed by atoms with Gasteiger partial charge >= 0.3 is 0 Å². The molecule has 0 N–H and O–H groups in total. The van der Waals surface area contributed by atoms with Gasteiger partial charge < -0.3 is 9.64 Å². The lowest BCUT2D eigenvalue weighted by molar-refractivity contribution is 0.414. The average Bonchev–Trinajstić information content (AvgIpc) is 2.94. The van der Waals surface area contributed by atoms with Gasteiger partial charge in [0.05, 0.1) is 18.5 Å². The summed E-state index contributed by atoms with van der Waals surface area (Å²) in [4.78, 5) is 2.16. The molecule has 5 nitrogen and oxygen atoms in total. The van der Waals surface area contributed by atoms with E-state index in [1.165, 1.54) is 0 Å². The molecule has 2 rings (SSSR count). The van der Waals surface area contributed by atoms with Crippen molar-refractivity contribution in [2.75, 3.05) is 25.1 Å². The Labute approximate surface area is 131 Å². The summed E-state index contributed by atoms with van der Waals surface area (Å²) in [5.41, 5.74) is 2.43. The van der Waals surface area contributed by atoms with E-state index in [1.807, 2.05) is 35.9 Å². The van der Waals surface area contributed by atoms with Crippen molar-refractivity contribution in [3.8, 4) is 17.5 Å². The third-order valence-electron chi connectivity index (χ3n) is 3.76. The summed E-state index contributed by atoms with van der Waals surface area (Å²) in [6.45, 7) is 7.85. The monoisotopic (exact) mass is 298 g/mol. The molecule has 5 heteroatoms. The van der Waals surface area contributed by atoms with E-state index in [9.17, 15) is 5.26 Å². The number of methoxy groups -OCH3 is 1. The minimum atomic E-state index is 0.669. The molecule has 0 fully saturated rings. The molecule has 22 heavy (non-hydrogen) atoms. The molecule has 1 aromatic heterocycles. The number of rotatable bonds is 6. The van der Waals surface area contributed by atoms with Gasteiger partial charge in [-0.05, 0) is 44.5 Å². The molecule has 2 aromatic rings. The summed E-state index contributed by atoms with van der Waals surface area (Å²) in [5, 5.41) is 14.2. The Kier molecular flexibility index (Phi) is 5.05. The van der Waals surface area contributed by atoms with Gasteiger partial charge in [0.15, 0.2) is 5.82 Å². The van der Waals surface area contributed by atoms with Crippen molar-refractivity contribution in [3.63, 3.8) is 0 Å². The lowest BCUT2D eigenvalue weighted by atomic mass is 10.2. The Hall–Kier alpha value is -2.48. The van der Waals surface area contributed by atoms with Crippen molar-refractivity contribution in [3.05, 3.63) is 35.5 Å². The number of aryl methyl sites for hydroxylation is 1. The van der Waals surface area contributed by atoms with Crippen molar-refractivity contribution in [2.45, 2.75) is 27.2 Å². The first-order valence-electron chi connectivity index (χ1n) is 7.61. The van der Waals surface area contributed by atoms with Crippen LogP contribution in [0, 0.1) is 11.3 Å². The topological polar surface area (TPSA) is 54.1 Å². The third kappa shape index (κ3) is 2.77.